The van der Waals surface area contributed by atoms with Gasteiger partial charge in [0.05, 0.1) is 0 Å². The van der Waals surface area contributed by atoms with Crippen molar-refractivity contribution in [3.8, 4) is 0 Å². The van der Waals surface area contributed by atoms with E-state index in [9.17, 15) is 9.59 Å². The van der Waals surface area contributed by atoms with E-state index in [4.69, 9.17) is 9.15 Å². The van der Waals surface area contributed by atoms with Gasteiger partial charge >= 0.3 is 5.97 Å². The van der Waals surface area contributed by atoms with E-state index in [1.165, 1.54) is 17.7 Å². The highest BCUT2D eigenvalue weighted by Crippen LogP contribution is 2.15. The van der Waals surface area contributed by atoms with Crippen molar-refractivity contribution >= 4 is 33.9 Å². The van der Waals surface area contributed by atoms with Crippen LogP contribution in [0.3, 0.4) is 0 Å². The number of amides is 1. The monoisotopic (exact) mass is 432 g/mol. The molecule has 1 aromatic carbocycles. The smallest absolute Gasteiger partial charge is 0.331 e. The number of esters is 1. The zero-order valence-electron chi connectivity index (χ0n) is 14.8. The lowest BCUT2D eigenvalue weighted by atomic mass is 10.2. The summed E-state index contributed by atoms with van der Waals surface area (Å²) in [5.41, 5.74) is 1.27. The number of hydrogen-bond acceptors (Lipinski definition) is 5. The van der Waals surface area contributed by atoms with Gasteiger partial charge in [-0.1, -0.05) is 30.3 Å². The number of carbonyl (C=O) groups is 2. The highest BCUT2D eigenvalue weighted by Gasteiger charge is 2.21. The van der Waals surface area contributed by atoms with E-state index in [1.807, 2.05) is 18.2 Å². The number of furan rings is 1. The van der Waals surface area contributed by atoms with Gasteiger partial charge in [-0.25, -0.2) is 4.79 Å². The Labute approximate surface area is 166 Å². The molecule has 0 N–H and O–H groups in total. The van der Waals surface area contributed by atoms with Gasteiger partial charge in [0.15, 0.2) is 11.3 Å². The first kappa shape index (κ1) is 19.4. The van der Waals surface area contributed by atoms with Crippen LogP contribution in [0.5, 0.6) is 0 Å². The molecule has 1 aliphatic heterocycles. The predicted molar refractivity (Wildman–Crippen MR) is 105 cm³/mol. The number of hydrogen-bond donors (Lipinski definition) is 0. The first-order valence-corrected chi connectivity index (χ1v) is 9.54. The Bertz CT molecular complexity index is 795. The van der Waals surface area contributed by atoms with E-state index in [0.717, 1.165) is 19.6 Å². The average molecular weight is 433 g/mol. The van der Waals surface area contributed by atoms with Crippen LogP contribution in [0.15, 0.2) is 57.6 Å². The molecule has 0 bridgehead atoms. The standard InChI is InChI=1S/C20H21BrN2O4/c21-18-8-6-17(27-18)7-9-20(25)26-15-19(24)23-12-10-22(11-13-23)14-16-4-2-1-3-5-16/h1-9H,10-15H2/b9-7+. The van der Waals surface area contributed by atoms with Crippen LogP contribution >= 0.6 is 15.9 Å². The minimum absolute atomic E-state index is 0.170. The van der Waals surface area contributed by atoms with E-state index in [2.05, 4.69) is 33.0 Å². The Kier molecular flexibility index (Phi) is 6.84. The van der Waals surface area contributed by atoms with Crippen molar-refractivity contribution in [3.63, 3.8) is 0 Å². The van der Waals surface area contributed by atoms with Crippen molar-refractivity contribution in [2.75, 3.05) is 32.8 Å². The molecule has 27 heavy (non-hydrogen) atoms. The molecule has 0 atom stereocenters. The van der Waals surface area contributed by atoms with E-state index in [0.29, 0.717) is 23.5 Å². The second-order valence-corrected chi connectivity index (χ2v) is 7.01. The Morgan fingerprint density at radius 2 is 1.81 bits per heavy atom. The van der Waals surface area contributed by atoms with Gasteiger partial charge < -0.3 is 14.1 Å². The van der Waals surface area contributed by atoms with Crippen molar-refractivity contribution in [2.24, 2.45) is 0 Å². The minimum Gasteiger partial charge on any atom is -0.452 e. The molecule has 0 spiro atoms. The van der Waals surface area contributed by atoms with Crippen molar-refractivity contribution in [1.82, 2.24) is 9.80 Å². The molecule has 7 heteroatoms. The molecule has 3 rings (SSSR count). The molecule has 1 aliphatic rings. The number of halogens is 1. The lowest BCUT2D eigenvalue weighted by Crippen LogP contribution is -2.49. The van der Waals surface area contributed by atoms with Gasteiger partial charge in [0.25, 0.3) is 5.91 Å². The van der Waals surface area contributed by atoms with Crippen LogP contribution in [0, 0.1) is 0 Å². The minimum atomic E-state index is -0.571. The van der Waals surface area contributed by atoms with Crippen LogP contribution < -0.4 is 0 Å². The first-order chi connectivity index (χ1) is 13.1. The van der Waals surface area contributed by atoms with Crippen LogP contribution in [0.1, 0.15) is 11.3 Å². The van der Waals surface area contributed by atoms with Gasteiger partial charge in [0.2, 0.25) is 0 Å². The normalized spacial score (nSPS) is 15.2. The maximum Gasteiger partial charge on any atom is 0.331 e. The Balaban J connectivity index is 1.38. The Morgan fingerprint density at radius 3 is 2.48 bits per heavy atom. The van der Waals surface area contributed by atoms with Crippen LogP contribution in [-0.4, -0.2) is 54.5 Å². The van der Waals surface area contributed by atoms with E-state index in [-0.39, 0.29) is 12.5 Å². The molecule has 1 amide bonds. The lowest BCUT2D eigenvalue weighted by molar-refractivity contribution is -0.149. The molecule has 1 fully saturated rings. The predicted octanol–water partition coefficient (Wildman–Crippen LogP) is 2.94. The van der Waals surface area contributed by atoms with Gasteiger partial charge in [-0.05, 0) is 39.7 Å². The second-order valence-electron chi connectivity index (χ2n) is 6.23. The number of benzene rings is 1. The zero-order valence-corrected chi connectivity index (χ0v) is 16.4. The highest BCUT2D eigenvalue weighted by molar-refractivity contribution is 9.10. The summed E-state index contributed by atoms with van der Waals surface area (Å²) in [5.74, 6) is -0.213. The molecule has 0 aliphatic carbocycles. The number of piperazine rings is 1. The molecule has 0 radical (unpaired) electrons. The maximum absolute atomic E-state index is 12.2. The van der Waals surface area contributed by atoms with Crippen molar-refractivity contribution in [1.29, 1.82) is 0 Å². The Hall–Kier alpha value is -2.38. The van der Waals surface area contributed by atoms with Gasteiger partial charge in [-0.15, -0.1) is 0 Å². The number of rotatable bonds is 6. The third-order valence-corrected chi connectivity index (χ3v) is 4.72. The molecule has 142 valence electrons. The molecular weight excluding hydrogens is 412 g/mol. The maximum atomic E-state index is 12.2. The quantitative estimate of drug-likeness (QED) is 0.518. The lowest BCUT2D eigenvalue weighted by Gasteiger charge is -2.34. The number of nitrogens with zero attached hydrogens (tertiary/aromatic N) is 2. The SMILES string of the molecule is O=C(/C=C/c1ccc(Br)o1)OCC(=O)N1CCN(Cc2ccccc2)CC1. The fourth-order valence-electron chi connectivity index (χ4n) is 2.84. The molecule has 2 aromatic rings. The fraction of sp³-hybridized carbons (Fsp3) is 0.300. The van der Waals surface area contributed by atoms with Gasteiger partial charge in [0.1, 0.15) is 5.76 Å². The molecule has 0 unspecified atom stereocenters. The van der Waals surface area contributed by atoms with Crippen molar-refractivity contribution < 1.29 is 18.7 Å². The molecule has 6 nitrogen and oxygen atoms in total. The van der Waals surface area contributed by atoms with Crippen LogP contribution in [-0.2, 0) is 20.9 Å². The van der Waals surface area contributed by atoms with Gasteiger partial charge in [0, 0.05) is 38.8 Å². The number of carbonyl (C=O) groups excluding carboxylic acids is 2. The third kappa shape index (κ3) is 6.08. The highest BCUT2D eigenvalue weighted by atomic mass is 79.9. The summed E-state index contributed by atoms with van der Waals surface area (Å²) in [7, 11) is 0. The van der Waals surface area contributed by atoms with E-state index >= 15 is 0 Å². The molecule has 0 saturated carbocycles. The first-order valence-electron chi connectivity index (χ1n) is 8.74. The Morgan fingerprint density at radius 1 is 1.07 bits per heavy atom. The average Bonchev–Trinajstić information content (AvgIpc) is 3.11. The largest absolute Gasteiger partial charge is 0.452 e. The second kappa shape index (κ2) is 9.53. The molecule has 2 heterocycles. The van der Waals surface area contributed by atoms with Gasteiger partial charge in [-0.3, -0.25) is 9.69 Å². The summed E-state index contributed by atoms with van der Waals surface area (Å²) >= 11 is 3.19. The number of ether oxygens (including phenoxy) is 1. The van der Waals surface area contributed by atoms with Crippen LogP contribution in [0.25, 0.3) is 6.08 Å². The van der Waals surface area contributed by atoms with Gasteiger partial charge in [-0.2, -0.15) is 0 Å². The van der Waals surface area contributed by atoms with Crippen molar-refractivity contribution in [3.05, 3.63) is 64.5 Å². The fourth-order valence-corrected chi connectivity index (χ4v) is 3.16. The van der Waals surface area contributed by atoms with Crippen LogP contribution in [0.4, 0.5) is 0 Å². The summed E-state index contributed by atoms with van der Waals surface area (Å²) in [6.07, 6.45) is 2.75. The summed E-state index contributed by atoms with van der Waals surface area (Å²) < 4.78 is 10.9. The topological polar surface area (TPSA) is 63.0 Å². The van der Waals surface area contributed by atoms with Crippen molar-refractivity contribution in [2.45, 2.75) is 6.54 Å². The third-order valence-electron chi connectivity index (χ3n) is 4.29. The van der Waals surface area contributed by atoms with E-state index in [1.54, 1.807) is 17.0 Å². The molecule has 1 aromatic heterocycles. The van der Waals surface area contributed by atoms with Crippen LogP contribution in [0.2, 0.25) is 0 Å². The van der Waals surface area contributed by atoms with E-state index < -0.39 is 5.97 Å². The summed E-state index contributed by atoms with van der Waals surface area (Å²) in [6, 6.07) is 13.7. The summed E-state index contributed by atoms with van der Waals surface area (Å²) in [5, 5.41) is 0. The zero-order chi connectivity index (χ0) is 19.1. The summed E-state index contributed by atoms with van der Waals surface area (Å²) in [4.78, 5) is 28.0. The summed E-state index contributed by atoms with van der Waals surface area (Å²) in [6.45, 7) is 3.53. The molecular formula is C20H21BrN2O4. The molecule has 1 saturated heterocycles.